The fraction of sp³-hybridized carbons (Fsp3) is 0.720. The van der Waals surface area contributed by atoms with E-state index in [0.717, 1.165) is 63.9 Å². The van der Waals surface area contributed by atoms with E-state index < -0.39 is 24.3 Å². The lowest BCUT2D eigenvalue weighted by atomic mass is 9.78. The number of rotatable bonds is 7. The Morgan fingerprint density at radius 2 is 1.62 bits per heavy atom. The van der Waals surface area contributed by atoms with Crippen LogP contribution in [0.4, 0.5) is 26.3 Å². The van der Waals surface area contributed by atoms with Crippen LogP contribution in [-0.2, 0) is 25.6 Å². The minimum Gasteiger partial charge on any atom is -0.475 e. The fourth-order valence-corrected chi connectivity index (χ4v) is 4.51. The normalized spacial score (nSPS) is 20.9. The smallest absolute Gasteiger partial charge is 0.475 e. The first kappa shape index (κ1) is 32.8. The first-order chi connectivity index (χ1) is 18.1. The van der Waals surface area contributed by atoms with Gasteiger partial charge < -0.3 is 19.7 Å². The van der Waals surface area contributed by atoms with E-state index in [1.54, 1.807) is 0 Å². The Hall–Kier alpha value is -2.45. The highest BCUT2D eigenvalue weighted by Crippen LogP contribution is 2.42. The van der Waals surface area contributed by atoms with E-state index >= 15 is 0 Å². The largest absolute Gasteiger partial charge is 0.490 e. The first-order valence-electron chi connectivity index (χ1n) is 12.6. The number of halogens is 6. The summed E-state index contributed by atoms with van der Waals surface area (Å²) in [6, 6.07) is 6.32. The molecule has 2 saturated heterocycles. The molecule has 0 radical (unpaired) electrons. The first-order valence-corrected chi connectivity index (χ1v) is 12.6. The van der Waals surface area contributed by atoms with Crippen molar-refractivity contribution in [2.24, 2.45) is 11.8 Å². The summed E-state index contributed by atoms with van der Waals surface area (Å²) in [5, 5.41) is 14.2. The van der Waals surface area contributed by atoms with Crippen LogP contribution >= 0.6 is 0 Å². The molecule has 3 aliphatic rings. The Morgan fingerprint density at radius 3 is 2.10 bits per heavy atom. The molecule has 8 nitrogen and oxygen atoms in total. The minimum absolute atomic E-state index is 0.124. The number of aromatic nitrogens is 1. The zero-order chi connectivity index (χ0) is 29.3. The van der Waals surface area contributed by atoms with Gasteiger partial charge in [-0.3, -0.25) is 9.88 Å². The molecule has 0 amide bonds. The zero-order valence-corrected chi connectivity index (χ0v) is 21.6. The third-order valence-electron chi connectivity index (χ3n) is 6.78. The molecule has 39 heavy (non-hydrogen) atoms. The van der Waals surface area contributed by atoms with Gasteiger partial charge in [-0.2, -0.15) is 26.3 Å². The monoisotopic (exact) mass is 572 g/mol. The summed E-state index contributed by atoms with van der Waals surface area (Å²) >= 11 is 0. The average Bonchev–Trinajstić information content (AvgIpc) is 3.58. The Labute approximate surface area is 222 Å². The molecule has 4 rings (SSSR count). The summed E-state index contributed by atoms with van der Waals surface area (Å²) < 4.78 is 75.7. The summed E-state index contributed by atoms with van der Waals surface area (Å²) in [6.07, 6.45) is -2.71. The van der Waals surface area contributed by atoms with E-state index in [-0.39, 0.29) is 5.60 Å². The summed E-state index contributed by atoms with van der Waals surface area (Å²) in [6.45, 7) is 8.11. The van der Waals surface area contributed by atoms with E-state index in [2.05, 4.69) is 35.0 Å². The van der Waals surface area contributed by atoms with Crippen molar-refractivity contribution in [3.05, 3.63) is 29.6 Å². The summed E-state index contributed by atoms with van der Waals surface area (Å²) in [7, 11) is 0. The average molecular weight is 573 g/mol. The van der Waals surface area contributed by atoms with Gasteiger partial charge in [0.1, 0.15) is 0 Å². The molecule has 1 aliphatic carbocycles. The van der Waals surface area contributed by atoms with Crippen LogP contribution in [0.5, 0.6) is 0 Å². The molecule has 3 fully saturated rings. The van der Waals surface area contributed by atoms with Gasteiger partial charge in [-0.1, -0.05) is 6.07 Å². The second-order valence-corrected chi connectivity index (χ2v) is 9.86. The number of carboxylic acids is 2. The molecule has 1 aromatic heterocycles. The van der Waals surface area contributed by atoms with E-state index in [0.29, 0.717) is 5.92 Å². The molecule has 1 saturated carbocycles. The minimum atomic E-state index is -5.08. The predicted octanol–water partition coefficient (Wildman–Crippen LogP) is 4.84. The Bertz CT molecular complexity index is 906. The quantitative estimate of drug-likeness (QED) is 0.353. The zero-order valence-electron chi connectivity index (χ0n) is 21.6. The van der Waals surface area contributed by atoms with Crippen molar-refractivity contribution in [3.63, 3.8) is 0 Å². The van der Waals surface area contributed by atoms with Crippen molar-refractivity contribution in [1.82, 2.24) is 9.88 Å². The highest BCUT2D eigenvalue weighted by molar-refractivity contribution is 5.73. The maximum atomic E-state index is 10.6. The second kappa shape index (κ2) is 14.3. The summed E-state index contributed by atoms with van der Waals surface area (Å²) in [4.78, 5) is 25.0. The van der Waals surface area contributed by atoms with Crippen molar-refractivity contribution < 1.29 is 55.6 Å². The van der Waals surface area contributed by atoms with Crippen LogP contribution < -0.4 is 0 Å². The standard InChI is InChI=1S/C21H32N2O2.2C2HF3O2/c1-17-3-2-4-20(22-17)15-23-11-9-21(10-12-23)19(8-14-25-21)7-13-24-16-18-5-6-18;2*3-2(4,5)1(6)7/h2-4,18-19H,5-16H2,1H3;2*(H,6,7). The van der Waals surface area contributed by atoms with Gasteiger partial charge >= 0.3 is 24.3 Å². The van der Waals surface area contributed by atoms with Crippen molar-refractivity contribution in [1.29, 1.82) is 0 Å². The number of nitrogens with zero attached hydrogens (tertiary/aromatic N) is 2. The van der Waals surface area contributed by atoms with Gasteiger partial charge in [0, 0.05) is 45.1 Å². The molecule has 0 aromatic carbocycles. The lowest BCUT2D eigenvalue weighted by Gasteiger charge is -2.42. The Kier molecular flexibility index (Phi) is 12.0. The van der Waals surface area contributed by atoms with E-state index in [9.17, 15) is 26.3 Å². The number of carbonyl (C=O) groups is 2. The number of aryl methyl sites for hydroxylation is 1. The van der Waals surface area contributed by atoms with Crippen molar-refractivity contribution >= 4 is 11.9 Å². The lowest BCUT2D eigenvalue weighted by Crippen LogP contribution is -2.47. The van der Waals surface area contributed by atoms with Gasteiger partial charge in [-0.25, -0.2) is 9.59 Å². The number of likely N-dealkylation sites (tertiary alicyclic amines) is 1. The number of carboxylic acid groups (broad SMARTS) is 2. The molecule has 2 aliphatic heterocycles. The molecule has 2 N–H and O–H groups in total. The Morgan fingerprint density at radius 1 is 1.05 bits per heavy atom. The van der Waals surface area contributed by atoms with Crippen molar-refractivity contribution in [2.45, 2.75) is 69.9 Å². The molecule has 1 unspecified atom stereocenters. The molecule has 222 valence electrons. The number of piperidine rings is 1. The van der Waals surface area contributed by atoms with Crippen LogP contribution in [0, 0.1) is 18.8 Å². The van der Waals surface area contributed by atoms with E-state index in [4.69, 9.17) is 29.3 Å². The van der Waals surface area contributed by atoms with Crippen molar-refractivity contribution in [2.75, 3.05) is 32.9 Å². The molecule has 1 aromatic rings. The molecule has 14 heteroatoms. The van der Waals surface area contributed by atoms with E-state index in [1.807, 2.05) is 0 Å². The highest BCUT2D eigenvalue weighted by Gasteiger charge is 2.45. The van der Waals surface area contributed by atoms with Gasteiger partial charge in [0.25, 0.3) is 0 Å². The van der Waals surface area contributed by atoms with Gasteiger partial charge in [0.15, 0.2) is 0 Å². The van der Waals surface area contributed by atoms with Crippen LogP contribution in [0.1, 0.15) is 49.9 Å². The number of alkyl halides is 6. The maximum Gasteiger partial charge on any atom is 0.490 e. The van der Waals surface area contributed by atoms with Crippen LogP contribution in [0.25, 0.3) is 0 Å². The number of hydrogen-bond donors (Lipinski definition) is 2. The van der Waals surface area contributed by atoms with Gasteiger partial charge in [-0.15, -0.1) is 0 Å². The predicted molar refractivity (Wildman–Crippen MR) is 126 cm³/mol. The number of ether oxygens (including phenoxy) is 2. The second-order valence-electron chi connectivity index (χ2n) is 9.86. The van der Waals surface area contributed by atoms with Crippen LogP contribution in [0.15, 0.2) is 18.2 Å². The highest BCUT2D eigenvalue weighted by atomic mass is 19.4. The molecule has 3 heterocycles. The van der Waals surface area contributed by atoms with Crippen molar-refractivity contribution in [3.8, 4) is 0 Å². The number of aliphatic carboxylic acids is 2. The lowest BCUT2D eigenvalue weighted by molar-refractivity contribution is -0.193. The number of pyridine rings is 1. The fourth-order valence-electron chi connectivity index (χ4n) is 4.51. The van der Waals surface area contributed by atoms with Crippen LogP contribution in [0.3, 0.4) is 0 Å². The molecule has 1 spiro atoms. The maximum absolute atomic E-state index is 10.6. The van der Waals surface area contributed by atoms with Gasteiger partial charge in [0.2, 0.25) is 0 Å². The van der Waals surface area contributed by atoms with Gasteiger partial charge in [0.05, 0.1) is 11.3 Å². The molecular formula is C25H34F6N2O6. The molecular weight excluding hydrogens is 538 g/mol. The summed E-state index contributed by atoms with van der Waals surface area (Å²) in [5.74, 6) is -3.96. The molecule has 0 bridgehead atoms. The SMILES string of the molecule is Cc1cccc(CN2CCC3(CC2)OCCC3CCOCC2CC2)n1.O=C(O)C(F)(F)F.O=C(O)C(F)(F)F. The topological polar surface area (TPSA) is 109 Å². The summed E-state index contributed by atoms with van der Waals surface area (Å²) in [5.41, 5.74) is 2.42. The third-order valence-corrected chi connectivity index (χ3v) is 6.78. The van der Waals surface area contributed by atoms with Crippen LogP contribution in [-0.4, -0.2) is 82.9 Å². The van der Waals surface area contributed by atoms with E-state index in [1.165, 1.54) is 31.4 Å². The Balaban J connectivity index is 0.000000317. The van der Waals surface area contributed by atoms with Gasteiger partial charge in [-0.05, 0) is 69.4 Å². The number of hydrogen-bond acceptors (Lipinski definition) is 6. The third kappa shape index (κ3) is 11.7. The van der Waals surface area contributed by atoms with Crippen LogP contribution in [0.2, 0.25) is 0 Å². The molecule has 1 atom stereocenters.